The summed E-state index contributed by atoms with van der Waals surface area (Å²) in [4.78, 5) is 39.1. The van der Waals surface area contributed by atoms with Crippen molar-refractivity contribution in [3.8, 4) is 11.5 Å². The second-order valence-corrected chi connectivity index (χ2v) is 21.8. The van der Waals surface area contributed by atoms with Gasteiger partial charge in [-0.1, -0.05) is 48.5 Å². The minimum absolute atomic E-state index is 0.711. The molecule has 6 heterocycles. The zero-order valence-corrected chi connectivity index (χ0v) is 43.7. The summed E-state index contributed by atoms with van der Waals surface area (Å²) in [7, 11) is 3.44. The highest BCUT2D eigenvalue weighted by atomic mass is 32.1. The number of aliphatic carboxylic acids is 2. The van der Waals surface area contributed by atoms with Crippen LogP contribution < -0.4 is 9.47 Å². The maximum absolute atomic E-state index is 9.10. The van der Waals surface area contributed by atoms with Crippen molar-refractivity contribution in [2.45, 2.75) is 78.3 Å². The van der Waals surface area contributed by atoms with E-state index in [1.807, 2.05) is 22.7 Å². The third-order valence-electron chi connectivity index (χ3n) is 14.0. The Morgan fingerprint density at radius 2 is 0.917 bits per heavy atom. The minimum atomic E-state index is -1.82. The van der Waals surface area contributed by atoms with E-state index >= 15 is 0 Å². The van der Waals surface area contributed by atoms with Crippen LogP contribution in [0.5, 0.6) is 11.5 Å². The van der Waals surface area contributed by atoms with E-state index in [4.69, 9.17) is 39.2 Å². The van der Waals surface area contributed by atoms with Crippen molar-refractivity contribution in [3.05, 3.63) is 164 Å². The van der Waals surface area contributed by atoms with Gasteiger partial charge in [-0.25, -0.2) is 19.6 Å². The van der Waals surface area contributed by atoms with Crippen molar-refractivity contribution in [1.82, 2.24) is 28.9 Å². The van der Waals surface area contributed by atoms with Crippen molar-refractivity contribution in [2.24, 2.45) is 11.8 Å². The molecule has 2 N–H and O–H groups in total. The normalized spacial score (nSPS) is 14.7. The zero-order valence-electron chi connectivity index (χ0n) is 42.0. The summed E-state index contributed by atoms with van der Waals surface area (Å²) in [5, 5.41) is 14.8. The number of fused-ring (bicyclic) bond motifs is 2. The van der Waals surface area contributed by atoms with Crippen molar-refractivity contribution < 1.29 is 29.3 Å². The van der Waals surface area contributed by atoms with E-state index in [1.165, 1.54) is 105 Å². The number of aryl methyl sites for hydroxylation is 2. The molecule has 0 aliphatic carbocycles. The average Bonchev–Trinajstić information content (AvgIpc) is 4.19. The third kappa shape index (κ3) is 14.4. The Kier molecular flexibility index (Phi) is 18.3. The first-order valence-electron chi connectivity index (χ1n) is 25.2. The van der Waals surface area contributed by atoms with E-state index in [2.05, 4.69) is 154 Å². The number of hydrogen-bond donors (Lipinski definition) is 2. The van der Waals surface area contributed by atoms with Gasteiger partial charge in [-0.2, -0.15) is 0 Å². The van der Waals surface area contributed by atoms with Crippen LogP contribution in [-0.4, -0.2) is 105 Å². The number of thiophene rings is 2. The first kappa shape index (κ1) is 52.0. The number of imidazole rings is 2. The number of carboxylic acid groups (broad SMARTS) is 2. The van der Waals surface area contributed by atoms with Gasteiger partial charge in [-0.15, -0.1) is 22.7 Å². The molecule has 2 aliphatic heterocycles. The number of para-hydroxylation sites is 4. The summed E-state index contributed by atoms with van der Waals surface area (Å²) in [6.07, 6.45) is 9.37. The molecule has 378 valence electrons. The Hall–Kier alpha value is -6.32. The molecule has 2 fully saturated rings. The van der Waals surface area contributed by atoms with E-state index in [9.17, 15) is 0 Å². The highest BCUT2D eigenvalue weighted by Crippen LogP contribution is 2.29. The molecule has 0 atom stereocenters. The molecule has 0 spiro atoms. The lowest BCUT2D eigenvalue weighted by Gasteiger charge is -2.32. The lowest BCUT2D eigenvalue weighted by atomic mass is 9.93. The predicted octanol–water partition coefficient (Wildman–Crippen LogP) is 11.1. The Balaban J connectivity index is 0.000000173. The van der Waals surface area contributed by atoms with Crippen LogP contribution in [0.2, 0.25) is 0 Å². The molecule has 0 radical (unpaired) electrons. The van der Waals surface area contributed by atoms with Gasteiger partial charge in [-0.05, 0) is 174 Å². The molecule has 0 amide bonds. The molecular weight excluding hydrogens is 941 g/mol. The van der Waals surface area contributed by atoms with Gasteiger partial charge in [0.15, 0.2) is 0 Å². The summed E-state index contributed by atoms with van der Waals surface area (Å²) in [5.41, 5.74) is 7.53. The maximum atomic E-state index is 9.10. The lowest BCUT2D eigenvalue weighted by Crippen LogP contribution is -2.36. The molecule has 10 rings (SSSR count). The van der Waals surface area contributed by atoms with E-state index in [-0.39, 0.29) is 0 Å². The van der Waals surface area contributed by atoms with Crippen LogP contribution in [0.15, 0.2) is 121 Å². The summed E-state index contributed by atoms with van der Waals surface area (Å²) in [6, 6.07) is 43.1. The molecule has 0 unspecified atom stereocenters. The molecule has 0 bridgehead atoms. The number of ether oxygens (including phenoxy) is 2. The number of aromatic nitrogens is 4. The fourth-order valence-corrected chi connectivity index (χ4v) is 11.6. The van der Waals surface area contributed by atoms with E-state index < -0.39 is 11.9 Å². The number of piperidine rings is 2. The van der Waals surface area contributed by atoms with Gasteiger partial charge in [0.25, 0.3) is 0 Å². The molecule has 0 saturated carbocycles. The second kappa shape index (κ2) is 25.4. The number of nitrogens with zero attached hydrogens (tertiary/aromatic N) is 6. The van der Waals surface area contributed by atoms with Gasteiger partial charge in [0.2, 0.25) is 0 Å². The fourth-order valence-electron chi connectivity index (χ4n) is 9.87. The van der Waals surface area contributed by atoms with Gasteiger partial charge in [0.05, 0.1) is 49.4 Å². The van der Waals surface area contributed by atoms with Gasteiger partial charge in [-0.3, -0.25) is 0 Å². The fraction of sp³-hybridized carbons (Fsp3) is 0.379. The van der Waals surface area contributed by atoms with Crippen molar-refractivity contribution >= 4 is 56.7 Å². The number of benzene rings is 4. The SMILES string of the molecule is COc1ccc(CCN2CCC(Cc3nc4ccccc4n3Cc3ccc(C)s3)CC2)cc1.COc1ccc(CCN2CCC(Cc3nc4ccccc4n3Cc3ccc(C)s3)CC2)cc1.O=C(O)C(=O)O. The maximum Gasteiger partial charge on any atom is 0.414 e. The number of methoxy groups -OCH3 is 2. The summed E-state index contributed by atoms with van der Waals surface area (Å²) >= 11 is 3.79. The van der Waals surface area contributed by atoms with Crippen molar-refractivity contribution in [1.29, 1.82) is 0 Å². The van der Waals surface area contributed by atoms with Gasteiger partial charge in [0.1, 0.15) is 23.1 Å². The smallest absolute Gasteiger partial charge is 0.414 e. The van der Waals surface area contributed by atoms with Gasteiger partial charge in [0, 0.05) is 45.4 Å². The number of hydrogen-bond acceptors (Lipinski definition) is 10. The molecule has 2 aliphatic rings. The third-order valence-corrected chi connectivity index (χ3v) is 15.9. The number of likely N-dealkylation sites (tertiary alicyclic amines) is 2. The van der Waals surface area contributed by atoms with Gasteiger partial charge < -0.3 is 38.6 Å². The lowest BCUT2D eigenvalue weighted by molar-refractivity contribution is -0.159. The summed E-state index contributed by atoms with van der Waals surface area (Å²) in [6.45, 7) is 13.2. The molecule has 12 nitrogen and oxygen atoms in total. The Labute approximate surface area is 431 Å². The largest absolute Gasteiger partial charge is 0.497 e. The van der Waals surface area contributed by atoms with Crippen LogP contribution in [0.4, 0.5) is 0 Å². The van der Waals surface area contributed by atoms with E-state index in [0.29, 0.717) is 11.8 Å². The van der Waals surface area contributed by atoms with Crippen molar-refractivity contribution in [2.75, 3.05) is 53.5 Å². The van der Waals surface area contributed by atoms with E-state index in [0.717, 1.165) is 74.4 Å². The highest BCUT2D eigenvalue weighted by molar-refractivity contribution is 7.12. The first-order valence-corrected chi connectivity index (χ1v) is 26.8. The predicted molar refractivity (Wildman–Crippen MR) is 290 cm³/mol. The molecule has 4 aromatic carbocycles. The number of rotatable bonds is 16. The Morgan fingerprint density at radius 3 is 1.25 bits per heavy atom. The second-order valence-electron chi connectivity index (χ2n) is 19.0. The van der Waals surface area contributed by atoms with Crippen LogP contribution in [0.3, 0.4) is 0 Å². The quantitative estimate of drug-likeness (QED) is 0.0901. The first-order chi connectivity index (χ1) is 35.0. The molecular formula is C58H68N6O6S2. The highest BCUT2D eigenvalue weighted by Gasteiger charge is 2.24. The molecule has 8 aromatic rings. The summed E-state index contributed by atoms with van der Waals surface area (Å²) in [5.74, 6) is 2.13. The van der Waals surface area contributed by atoms with Crippen LogP contribution in [0.25, 0.3) is 22.1 Å². The standard InChI is InChI=1S/2C28H33N3OS.C2H2O4/c2*1-21-7-12-25(33-21)20-31-27-6-4-3-5-26(27)29-28(31)19-23-14-17-30(18-15-23)16-13-22-8-10-24(32-2)11-9-22;3-1(4)2(5)6/h2*3-12,23H,13-20H2,1-2H3;(H,3,4)(H,5,6). The Bertz CT molecular complexity index is 2780. The molecule has 72 heavy (non-hydrogen) atoms. The number of carbonyl (C=O) groups is 2. The van der Waals surface area contributed by atoms with Crippen LogP contribution in [-0.2, 0) is 48.4 Å². The molecule has 2 saturated heterocycles. The monoisotopic (exact) mass is 1010 g/mol. The Morgan fingerprint density at radius 1 is 0.542 bits per heavy atom. The van der Waals surface area contributed by atoms with Crippen LogP contribution >= 0.6 is 22.7 Å². The van der Waals surface area contributed by atoms with Crippen LogP contribution in [0, 0.1) is 25.7 Å². The number of carboxylic acids is 2. The van der Waals surface area contributed by atoms with Gasteiger partial charge >= 0.3 is 11.9 Å². The summed E-state index contributed by atoms with van der Waals surface area (Å²) < 4.78 is 15.4. The van der Waals surface area contributed by atoms with Crippen LogP contribution in [0.1, 0.15) is 68.0 Å². The van der Waals surface area contributed by atoms with E-state index in [1.54, 1.807) is 14.2 Å². The van der Waals surface area contributed by atoms with Crippen molar-refractivity contribution in [3.63, 3.8) is 0 Å². The molecule has 4 aromatic heterocycles. The zero-order chi connectivity index (χ0) is 50.4. The molecule has 14 heteroatoms. The topological polar surface area (TPSA) is 135 Å². The average molecular weight is 1010 g/mol. The minimum Gasteiger partial charge on any atom is -0.497 e.